The van der Waals surface area contributed by atoms with Gasteiger partial charge in [-0.25, -0.2) is 4.79 Å². The minimum Gasteiger partial charge on any atom is -0.504 e. The highest BCUT2D eigenvalue weighted by Gasteiger charge is 2.15. The molecule has 0 spiro atoms. The second-order valence-electron chi connectivity index (χ2n) is 4.78. The third kappa shape index (κ3) is 2.05. The molecule has 114 valence electrons. The van der Waals surface area contributed by atoms with Crippen LogP contribution in [0.5, 0.6) is 17.2 Å². The Labute approximate surface area is 125 Å². The van der Waals surface area contributed by atoms with Gasteiger partial charge in [-0.15, -0.1) is 0 Å². The summed E-state index contributed by atoms with van der Waals surface area (Å²) in [7, 11) is 2.91. The van der Waals surface area contributed by atoms with Crippen LogP contribution in [0.3, 0.4) is 0 Å². The number of benzene rings is 2. The van der Waals surface area contributed by atoms with Gasteiger partial charge in [0.2, 0.25) is 0 Å². The van der Waals surface area contributed by atoms with Crippen molar-refractivity contribution < 1.29 is 24.1 Å². The van der Waals surface area contributed by atoms with E-state index in [0.717, 1.165) is 0 Å². The molecule has 0 aliphatic heterocycles. The average molecular weight is 302 g/mol. The fourth-order valence-electron chi connectivity index (χ4n) is 2.54. The predicted molar refractivity (Wildman–Crippen MR) is 80.7 cm³/mol. The minimum atomic E-state index is -0.586. The van der Waals surface area contributed by atoms with Crippen molar-refractivity contribution in [3.63, 3.8) is 0 Å². The Hall–Kier alpha value is -2.73. The van der Waals surface area contributed by atoms with Gasteiger partial charge in [0.15, 0.2) is 11.5 Å². The molecule has 1 heterocycles. The van der Waals surface area contributed by atoms with Crippen molar-refractivity contribution >= 4 is 21.7 Å². The van der Waals surface area contributed by atoms with E-state index in [4.69, 9.17) is 13.9 Å². The molecule has 2 aromatic carbocycles. The maximum Gasteiger partial charge on any atom is 0.344 e. The molecular formula is C16H14O6. The number of aliphatic hydroxyl groups excluding tert-OH is 1. The number of ether oxygens (including phenoxy) is 2. The van der Waals surface area contributed by atoms with Crippen molar-refractivity contribution in [1.29, 1.82) is 0 Å². The number of phenols is 1. The lowest BCUT2D eigenvalue weighted by Gasteiger charge is -2.11. The number of fused-ring (bicyclic) bond motifs is 3. The van der Waals surface area contributed by atoms with Gasteiger partial charge in [0, 0.05) is 16.8 Å². The van der Waals surface area contributed by atoms with E-state index < -0.39 is 5.63 Å². The highest BCUT2D eigenvalue weighted by atomic mass is 16.5. The van der Waals surface area contributed by atoms with Crippen LogP contribution in [0, 0.1) is 0 Å². The van der Waals surface area contributed by atoms with Gasteiger partial charge in [-0.3, -0.25) is 0 Å². The van der Waals surface area contributed by atoms with E-state index in [9.17, 15) is 15.0 Å². The van der Waals surface area contributed by atoms with E-state index in [1.54, 1.807) is 18.2 Å². The van der Waals surface area contributed by atoms with Crippen molar-refractivity contribution in [2.45, 2.75) is 6.61 Å². The molecule has 6 nitrogen and oxygen atoms in total. The third-order valence-corrected chi connectivity index (χ3v) is 3.57. The first-order valence-corrected chi connectivity index (χ1v) is 6.54. The number of hydrogen-bond donors (Lipinski definition) is 2. The Morgan fingerprint density at radius 3 is 2.50 bits per heavy atom. The molecule has 0 unspecified atom stereocenters. The molecule has 2 N–H and O–H groups in total. The second kappa shape index (κ2) is 5.23. The maximum atomic E-state index is 12.1. The van der Waals surface area contributed by atoms with Crippen LogP contribution in [0.2, 0.25) is 0 Å². The zero-order valence-corrected chi connectivity index (χ0v) is 12.0. The van der Waals surface area contributed by atoms with E-state index in [1.807, 2.05) is 0 Å². The molecule has 22 heavy (non-hydrogen) atoms. The van der Waals surface area contributed by atoms with E-state index in [0.29, 0.717) is 27.7 Å². The first kappa shape index (κ1) is 14.2. The molecule has 0 radical (unpaired) electrons. The lowest BCUT2D eigenvalue weighted by Crippen LogP contribution is -2.02. The van der Waals surface area contributed by atoms with Crippen molar-refractivity contribution in [3.05, 3.63) is 40.2 Å². The maximum absolute atomic E-state index is 12.1. The Balaban J connectivity index is 2.55. The summed E-state index contributed by atoms with van der Waals surface area (Å²) in [5.74, 6) is 0.560. The number of methoxy groups -OCH3 is 2. The molecule has 0 aliphatic rings. The summed E-state index contributed by atoms with van der Waals surface area (Å²) in [6.07, 6.45) is 0. The molecule has 0 amide bonds. The number of aromatic hydroxyl groups is 1. The Kier molecular flexibility index (Phi) is 3.38. The van der Waals surface area contributed by atoms with E-state index in [1.165, 1.54) is 20.3 Å². The first-order chi connectivity index (χ1) is 10.6. The summed E-state index contributed by atoms with van der Waals surface area (Å²) in [5, 5.41) is 20.8. The first-order valence-electron chi connectivity index (χ1n) is 6.54. The van der Waals surface area contributed by atoms with Gasteiger partial charge >= 0.3 is 5.63 Å². The number of hydrogen-bond acceptors (Lipinski definition) is 6. The zero-order chi connectivity index (χ0) is 15.9. The van der Waals surface area contributed by atoms with Gasteiger partial charge < -0.3 is 24.1 Å². The summed E-state index contributed by atoms with van der Waals surface area (Å²) < 4.78 is 15.5. The summed E-state index contributed by atoms with van der Waals surface area (Å²) in [4.78, 5) is 12.1. The summed E-state index contributed by atoms with van der Waals surface area (Å²) in [6.45, 7) is -0.250. The van der Waals surface area contributed by atoms with Crippen molar-refractivity contribution in [2.75, 3.05) is 14.2 Å². The minimum absolute atomic E-state index is 0.152. The quantitative estimate of drug-likeness (QED) is 0.569. The van der Waals surface area contributed by atoms with E-state index in [-0.39, 0.29) is 23.5 Å². The normalized spacial score (nSPS) is 11.0. The van der Waals surface area contributed by atoms with Gasteiger partial charge in [0.05, 0.1) is 26.2 Å². The van der Waals surface area contributed by atoms with Crippen molar-refractivity contribution in [3.8, 4) is 17.2 Å². The van der Waals surface area contributed by atoms with Crippen LogP contribution in [-0.4, -0.2) is 24.4 Å². The third-order valence-electron chi connectivity index (χ3n) is 3.57. The van der Waals surface area contributed by atoms with Crippen LogP contribution in [0.15, 0.2) is 33.5 Å². The molecule has 0 fully saturated rings. The summed E-state index contributed by atoms with van der Waals surface area (Å²) >= 11 is 0. The highest BCUT2D eigenvalue weighted by molar-refractivity contribution is 6.07. The zero-order valence-electron chi connectivity index (χ0n) is 12.0. The molecule has 0 saturated heterocycles. The molecular weight excluding hydrogens is 288 g/mol. The molecule has 1 aromatic heterocycles. The predicted octanol–water partition coefficient (Wildman–Crippen LogP) is 2.16. The molecule has 3 aromatic rings. The van der Waals surface area contributed by atoms with Crippen LogP contribution >= 0.6 is 0 Å². The fraction of sp³-hybridized carbons (Fsp3) is 0.188. The topological polar surface area (TPSA) is 89.1 Å². The second-order valence-corrected chi connectivity index (χ2v) is 4.78. The SMILES string of the molecule is COc1cc(CO)c2c(c1)oc(=O)c1cc(O)c(OC)cc12. The number of aliphatic hydroxyl groups is 1. The summed E-state index contributed by atoms with van der Waals surface area (Å²) in [5.41, 5.74) is 0.266. The van der Waals surface area contributed by atoms with Crippen molar-refractivity contribution in [1.82, 2.24) is 0 Å². The van der Waals surface area contributed by atoms with E-state index >= 15 is 0 Å². The smallest absolute Gasteiger partial charge is 0.344 e. The fourth-order valence-corrected chi connectivity index (χ4v) is 2.54. The van der Waals surface area contributed by atoms with Gasteiger partial charge in [0.1, 0.15) is 11.3 Å². The molecule has 6 heteroatoms. The van der Waals surface area contributed by atoms with Gasteiger partial charge in [0.25, 0.3) is 0 Å². The molecule has 0 atom stereocenters. The molecule has 3 rings (SSSR count). The van der Waals surface area contributed by atoms with Crippen LogP contribution < -0.4 is 15.1 Å². The van der Waals surface area contributed by atoms with Crippen LogP contribution in [0.25, 0.3) is 21.7 Å². The monoisotopic (exact) mass is 302 g/mol. The largest absolute Gasteiger partial charge is 0.504 e. The molecule has 0 aliphatic carbocycles. The van der Waals surface area contributed by atoms with Gasteiger partial charge in [-0.1, -0.05) is 0 Å². The lowest BCUT2D eigenvalue weighted by molar-refractivity contribution is 0.282. The molecule has 0 bridgehead atoms. The van der Waals surface area contributed by atoms with Crippen LogP contribution in [0.4, 0.5) is 0 Å². The Morgan fingerprint density at radius 2 is 1.86 bits per heavy atom. The van der Waals surface area contributed by atoms with Crippen molar-refractivity contribution in [2.24, 2.45) is 0 Å². The number of phenolic OH excluding ortho intramolecular Hbond substituents is 1. The van der Waals surface area contributed by atoms with Gasteiger partial charge in [-0.05, 0) is 23.8 Å². The lowest BCUT2D eigenvalue weighted by atomic mass is 10.0. The van der Waals surface area contributed by atoms with E-state index in [2.05, 4.69) is 0 Å². The van der Waals surface area contributed by atoms with Crippen LogP contribution in [-0.2, 0) is 6.61 Å². The highest BCUT2D eigenvalue weighted by Crippen LogP contribution is 2.36. The van der Waals surface area contributed by atoms with Crippen LogP contribution in [0.1, 0.15) is 5.56 Å². The molecule has 0 saturated carbocycles. The standard InChI is InChI=1S/C16H14O6/c1-20-9-3-8(7-17)15-10-6-13(21-2)12(18)5-11(10)16(19)22-14(15)4-9/h3-6,17-18H,7H2,1-2H3. The Morgan fingerprint density at radius 1 is 1.09 bits per heavy atom. The summed E-state index contributed by atoms with van der Waals surface area (Å²) in [6, 6.07) is 6.09. The average Bonchev–Trinajstić information content (AvgIpc) is 2.53. The Bertz CT molecular complexity index is 925. The number of rotatable bonds is 3. The van der Waals surface area contributed by atoms with Gasteiger partial charge in [-0.2, -0.15) is 0 Å².